The minimum Gasteiger partial charge on any atom is -0.361 e. The number of nitriles is 1. The van der Waals surface area contributed by atoms with Crippen molar-refractivity contribution in [1.29, 1.82) is 5.26 Å². The number of aromatic nitrogens is 3. The standard InChI is InChI=1S/C28H26N4O3S/c1-5-20-14-18(3)26-22(12-13-30-26)25(20)28(35-4,36(33,34)21-9-6-17(2)7-10-21)27-31-23-11-8-19(16-29)15-24(23)32-27/h6-15,30H,5H2,1-4H3,(H,31,32). The molecule has 0 fully saturated rings. The van der Waals surface area contributed by atoms with Crippen molar-refractivity contribution in [2.75, 3.05) is 7.11 Å². The topological polar surface area (TPSA) is 112 Å². The van der Waals surface area contributed by atoms with E-state index < -0.39 is 14.8 Å². The van der Waals surface area contributed by atoms with Crippen molar-refractivity contribution in [1.82, 2.24) is 15.0 Å². The molecule has 0 bridgehead atoms. The second kappa shape index (κ2) is 8.63. The highest BCUT2D eigenvalue weighted by Crippen LogP contribution is 2.46. The van der Waals surface area contributed by atoms with Gasteiger partial charge < -0.3 is 14.7 Å². The van der Waals surface area contributed by atoms with Gasteiger partial charge in [-0.3, -0.25) is 0 Å². The number of hydrogen-bond donors (Lipinski definition) is 2. The molecule has 36 heavy (non-hydrogen) atoms. The molecule has 2 N–H and O–H groups in total. The number of fused-ring (bicyclic) bond motifs is 2. The molecule has 7 nitrogen and oxygen atoms in total. The fourth-order valence-corrected chi connectivity index (χ4v) is 6.86. The van der Waals surface area contributed by atoms with E-state index in [9.17, 15) is 13.7 Å². The lowest BCUT2D eigenvalue weighted by Gasteiger charge is -2.33. The molecule has 1 unspecified atom stereocenters. The summed E-state index contributed by atoms with van der Waals surface area (Å²) in [5, 5.41) is 10.1. The number of H-pyrrole nitrogens is 2. The van der Waals surface area contributed by atoms with E-state index in [-0.39, 0.29) is 10.7 Å². The first kappa shape index (κ1) is 23.8. The Morgan fingerprint density at radius 2 is 1.83 bits per heavy atom. The summed E-state index contributed by atoms with van der Waals surface area (Å²) in [7, 11) is -2.81. The van der Waals surface area contributed by atoms with E-state index in [1.807, 2.05) is 32.9 Å². The number of methoxy groups -OCH3 is 1. The number of benzene rings is 3. The molecule has 1 atom stereocenters. The Kier molecular flexibility index (Phi) is 5.70. The lowest BCUT2D eigenvalue weighted by Crippen LogP contribution is -2.41. The summed E-state index contributed by atoms with van der Waals surface area (Å²) >= 11 is 0. The minimum absolute atomic E-state index is 0.124. The van der Waals surface area contributed by atoms with Crippen LogP contribution in [0.3, 0.4) is 0 Å². The fraction of sp³-hybridized carbons (Fsp3) is 0.214. The number of ether oxygens (including phenoxy) is 1. The lowest BCUT2D eigenvalue weighted by molar-refractivity contribution is 0.0877. The third kappa shape index (κ3) is 3.35. The summed E-state index contributed by atoms with van der Waals surface area (Å²) in [4.78, 5) is 9.32. The summed E-state index contributed by atoms with van der Waals surface area (Å²) < 4.78 is 35.5. The number of nitrogens with one attached hydrogen (secondary N) is 2. The monoisotopic (exact) mass is 498 g/mol. The predicted octanol–water partition coefficient (Wildman–Crippen LogP) is 5.42. The van der Waals surface area contributed by atoms with E-state index >= 15 is 0 Å². The van der Waals surface area contributed by atoms with Crippen LogP contribution in [0.2, 0.25) is 0 Å². The number of aryl methyl sites for hydroxylation is 3. The number of rotatable bonds is 6. The van der Waals surface area contributed by atoms with Gasteiger partial charge >= 0.3 is 0 Å². The van der Waals surface area contributed by atoms with E-state index in [0.717, 1.165) is 27.6 Å². The van der Waals surface area contributed by atoms with Crippen molar-refractivity contribution < 1.29 is 13.2 Å². The summed E-state index contributed by atoms with van der Waals surface area (Å²) in [6.45, 7) is 5.90. The zero-order valence-corrected chi connectivity index (χ0v) is 21.3. The molecule has 182 valence electrons. The average molecular weight is 499 g/mol. The van der Waals surface area contributed by atoms with Crippen LogP contribution in [0, 0.1) is 25.2 Å². The van der Waals surface area contributed by atoms with Gasteiger partial charge in [-0.2, -0.15) is 5.26 Å². The van der Waals surface area contributed by atoms with Crippen molar-refractivity contribution in [3.63, 3.8) is 0 Å². The van der Waals surface area contributed by atoms with Crippen molar-refractivity contribution in [2.24, 2.45) is 0 Å². The molecule has 5 rings (SSSR count). The Balaban J connectivity index is 1.95. The second-order valence-electron chi connectivity index (χ2n) is 8.91. The Morgan fingerprint density at radius 1 is 1.08 bits per heavy atom. The molecule has 2 aromatic heterocycles. The summed E-state index contributed by atoms with van der Waals surface area (Å²) in [5.74, 6) is 0.136. The fourth-order valence-electron chi connectivity index (χ4n) is 4.96. The van der Waals surface area contributed by atoms with E-state index in [4.69, 9.17) is 9.72 Å². The van der Waals surface area contributed by atoms with Crippen molar-refractivity contribution >= 4 is 31.8 Å². The van der Waals surface area contributed by atoms with Gasteiger partial charge in [-0.15, -0.1) is 0 Å². The maximum absolute atomic E-state index is 14.7. The molecule has 0 aliphatic heterocycles. The van der Waals surface area contributed by atoms with Crippen molar-refractivity contribution in [3.8, 4) is 6.07 Å². The maximum atomic E-state index is 14.7. The molecule has 0 spiro atoms. The number of sulfone groups is 1. The van der Waals surface area contributed by atoms with Crippen LogP contribution in [0.1, 0.15) is 40.6 Å². The molecule has 0 saturated carbocycles. The number of aromatic amines is 2. The quantitative estimate of drug-likeness (QED) is 0.325. The third-order valence-corrected chi connectivity index (χ3v) is 8.97. The van der Waals surface area contributed by atoms with Crippen LogP contribution in [0.25, 0.3) is 21.9 Å². The normalized spacial score (nSPS) is 13.6. The van der Waals surface area contributed by atoms with Crippen LogP contribution in [-0.2, 0) is 25.9 Å². The van der Waals surface area contributed by atoms with Gasteiger partial charge in [0.15, 0.2) is 5.82 Å². The second-order valence-corrected chi connectivity index (χ2v) is 11.0. The molecular weight excluding hydrogens is 472 g/mol. The Labute approximate surface area is 209 Å². The van der Waals surface area contributed by atoms with Crippen LogP contribution < -0.4 is 0 Å². The predicted molar refractivity (Wildman–Crippen MR) is 139 cm³/mol. The molecule has 0 amide bonds. The van der Waals surface area contributed by atoms with Crippen LogP contribution in [0.5, 0.6) is 0 Å². The van der Waals surface area contributed by atoms with Crippen molar-refractivity contribution in [3.05, 3.63) is 94.4 Å². The molecule has 0 aliphatic carbocycles. The first-order chi connectivity index (χ1) is 17.3. The zero-order valence-electron chi connectivity index (χ0n) is 20.5. The van der Waals surface area contributed by atoms with Crippen LogP contribution in [0.15, 0.2) is 65.7 Å². The van der Waals surface area contributed by atoms with Gasteiger partial charge in [0.2, 0.25) is 9.84 Å². The van der Waals surface area contributed by atoms with E-state index in [2.05, 4.69) is 16.0 Å². The van der Waals surface area contributed by atoms with E-state index in [1.165, 1.54) is 7.11 Å². The van der Waals surface area contributed by atoms with E-state index in [1.54, 1.807) is 48.7 Å². The smallest absolute Gasteiger partial charge is 0.258 e. The van der Waals surface area contributed by atoms with Gasteiger partial charge in [0.1, 0.15) is 0 Å². The van der Waals surface area contributed by atoms with Crippen LogP contribution in [0.4, 0.5) is 0 Å². The van der Waals surface area contributed by atoms with Crippen molar-refractivity contribution in [2.45, 2.75) is 37.0 Å². The lowest BCUT2D eigenvalue weighted by atomic mass is 9.93. The molecule has 0 aliphatic rings. The Morgan fingerprint density at radius 3 is 2.50 bits per heavy atom. The molecule has 0 saturated heterocycles. The number of nitrogens with zero attached hydrogens (tertiary/aromatic N) is 2. The Bertz CT molecular complexity index is 1760. The highest BCUT2D eigenvalue weighted by Gasteiger charge is 2.53. The van der Waals surface area contributed by atoms with Gasteiger partial charge in [0, 0.05) is 29.8 Å². The Hall–Kier alpha value is -3.93. The van der Waals surface area contributed by atoms with E-state index in [0.29, 0.717) is 28.6 Å². The molecule has 2 heterocycles. The van der Waals surface area contributed by atoms with Gasteiger partial charge in [-0.05, 0) is 67.8 Å². The molecule has 5 aromatic rings. The highest BCUT2D eigenvalue weighted by molar-refractivity contribution is 7.92. The maximum Gasteiger partial charge on any atom is 0.258 e. The van der Waals surface area contributed by atoms with Crippen LogP contribution >= 0.6 is 0 Å². The van der Waals surface area contributed by atoms with Gasteiger partial charge in [-0.1, -0.05) is 30.7 Å². The number of imidazole rings is 1. The SMILES string of the molecule is CCc1cc(C)c2[nH]ccc2c1C(OC)(c1nc2ccc(C#N)cc2[nH]1)S(=O)(=O)c1ccc(C)cc1. The first-order valence-corrected chi connectivity index (χ1v) is 13.1. The first-order valence-electron chi connectivity index (χ1n) is 11.6. The molecular formula is C28H26N4O3S. The van der Waals surface area contributed by atoms with Gasteiger partial charge in [-0.25, -0.2) is 13.4 Å². The summed E-state index contributed by atoms with van der Waals surface area (Å²) in [6.07, 6.45) is 2.39. The molecule has 3 aromatic carbocycles. The third-order valence-electron chi connectivity index (χ3n) is 6.75. The molecule has 8 heteroatoms. The zero-order chi connectivity index (χ0) is 25.7. The number of hydrogen-bond acceptors (Lipinski definition) is 5. The van der Waals surface area contributed by atoms with Gasteiger partial charge in [0.25, 0.3) is 4.93 Å². The highest BCUT2D eigenvalue weighted by atomic mass is 32.2. The summed E-state index contributed by atoms with van der Waals surface area (Å²) in [6, 6.07) is 17.8. The average Bonchev–Trinajstić information content (AvgIpc) is 3.53. The van der Waals surface area contributed by atoms with Gasteiger partial charge in [0.05, 0.1) is 27.6 Å². The molecule has 0 radical (unpaired) electrons. The van der Waals surface area contributed by atoms with Crippen LogP contribution in [-0.4, -0.2) is 30.5 Å². The largest absolute Gasteiger partial charge is 0.361 e. The minimum atomic E-state index is -4.21. The summed E-state index contributed by atoms with van der Waals surface area (Å²) in [5.41, 5.74) is 5.70.